The summed E-state index contributed by atoms with van der Waals surface area (Å²) in [6, 6.07) is 3.62. The zero-order chi connectivity index (χ0) is 17.0. The lowest BCUT2D eigenvalue weighted by Gasteiger charge is -2.26. The van der Waals surface area contributed by atoms with Crippen LogP contribution in [0.2, 0.25) is 0 Å². The van der Waals surface area contributed by atoms with Gasteiger partial charge in [0.05, 0.1) is 5.56 Å². The number of nitrogens with zero attached hydrogens (tertiary/aromatic N) is 3. The van der Waals surface area contributed by atoms with Crippen molar-refractivity contribution in [3.05, 3.63) is 29.6 Å². The van der Waals surface area contributed by atoms with Gasteiger partial charge in [-0.25, -0.2) is 4.79 Å². The summed E-state index contributed by atoms with van der Waals surface area (Å²) >= 11 is 0. The van der Waals surface area contributed by atoms with Crippen LogP contribution in [0.4, 0.5) is 4.79 Å². The van der Waals surface area contributed by atoms with E-state index in [1.165, 1.54) is 0 Å². The molecule has 0 saturated carbocycles. The van der Waals surface area contributed by atoms with Gasteiger partial charge in [0, 0.05) is 38.1 Å². The van der Waals surface area contributed by atoms with Gasteiger partial charge in [-0.1, -0.05) is 0 Å². The Hall–Kier alpha value is -2.11. The highest BCUT2D eigenvalue weighted by Gasteiger charge is 2.26. The average molecular weight is 319 g/mol. The van der Waals surface area contributed by atoms with Crippen molar-refractivity contribution in [2.45, 2.75) is 39.7 Å². The number of aryl methyl sites for hydroxylation is 1. The molecule has 0 aliphatic carbocycles. The molecule has 0 bridgehead atoms. The molecular weight excluding hydrogens is 294 g/mol. The summed E-state index contributed by atoms with van der Waals surface area (Å²) in [7, 11) is 0. The number of ether oxygens (including phenoxy) is 1. The van der Waals surface area contributed by atoms with Crippen molar-refractivity contribution in [3.63, 3.8) is 0 Å². The first-order valence-electron chi connectivity index (χ1n) is 7.96. The van der Waals surface area contributed by atoms with Gasteiger partial charge in [-0.3, -0.25) is 9.78 Å². The Kier molecular flexibility index (Phi) is 5.23. The van der Waals surface area contributed by atoms with Crippen LogP contribution < -0.4 is 0 Å². The van der Waals surface area contributed by atoms with E-state index in [0.29, 0.717) is 31.7 Å². The van der Waals surface area contributed by atoms with Crippen LogP contribution in [0.1, 0.15) is 43.2 Å². The Bertz CT molecular complexity index is 563. The van der Waals surface area contributed by atoms with Gasteiger partial charge in [0.15, 0.2) is 0 Å². The van der Waals surface area contributed by atoms with E-state index in [9.17, 15) is 9.59 Å². The summed E-state index contributed by atoms with van der Waals surface area (Å²) in [5.74, 6) is -0.0384. The number of hydrogen-bond acceptors (Lipinski definition) is 4. The van der Waals surface area contributed by atoms with Crippen molar-refractivity contribution in [2.24, 2.45) is 0 Å². The largest absolute Gasteiger partial charge is 0.444 e. The lowest BCUT2D eigenvalue weighted by atomic mass is 10.2. The molecule has 2 heterocycles. The maximum absolute atomic E-state index is 12.5. The molecule has 0 unspecified atom stereocenters. The van der Waals surface area contributed by atoms with E-state index in [4.69, 9.17) is 4.74 Å². The van der Waals surface area contributed by atoms with Gasteiger partial charge in [-0.2, -0.15) is 0 Å². The maximum atomic E-state index is 12.5. The Balaban J connectivity index is 1.97. The van der Waals surface area contributed by atoms with E-state index in [1.807, 2.05) is 33.8 Å². The first kappa shape index (κ1) is 17.2. The fraction of sp³-hybridized carbons (Fsp3) is 0.588. The molecule has 0 radical (unpaired) electrons. The molecule has 1 saturated heterocycles. The molecule has 6 nitrogen and oxygen atoms in total. The Morgan fingerprint density at radius 3 is 2.35 bits per heavy atom. The molecule has 0 spiro atoms. The van der Waals surface area contributed by atoms with Gasteiger partial charge in [0.25, 0.3) is 5.91 Å². The number of rotatable bonds is 1. The lowest BCUT2D eigenvalue weighted by molar-refractivity contribution is 0.0255. The normalized spacial score (nSPS) is 16.0. The first-order valence-corrected chi connectivity index (χ1v) is 7.96. The fourth-order valence-electron chi connectivity index (χ4n) is 2.41. The molecule has 1 aliphatic rings. The summed E-state index contributed by atoms with van der Waals surface area (Å²) in [4.78, 5) is 32.3. The van der Waals surface area contributed by atoms with Gasteiger partial charge >= 0.3 is 6.09 Å². The van der Waals surface area contributed by atoms with Gasteiger partial charge in [-0.15, -0.1) is 0 Å². The number of hydrogen-bond donors (Lipinski definition) is 0. The molecule has 2 rings (SSSR count). The topological polar surface area (TPSA) is 62.7 Å². The molecule has 0 atom stereocenters. The van der Waals surface area contributed by atoms with Gasteiger partial charge < -0.3 is 14.5 Å². The third-order valence-corrected chi connectivity index (χ3v) is 3.59. The Morgan fingerprint density at radius 1 is 1.09 bits per heavy atom. The molecule has 1 aromatic heterocycles. The summed E-state index contributed by atoms with van der Waals surface area (Å²) in [6.07, 6.45) is 2.03. The standard InChI is InChI=1S/C17H25N3O3/c1-13-6-7-14(12-18-13)15(21)19-8-5-9-20(11-10-19)16(22)23-17(2,3)4/h6-7,12H,5,8-11H2,1-4H3. The number of amides is 2. The quantitative estimate of drug-likeness (QED) is 0.798. The molecule has 2 amide bonds. The highest BCUT2D eigenvalue weighted by molar-refractivity contribution is 5.94. The molecule has 126 valence electrons. The van der Waals surface area contributed by atoms with E-state index in [1.54, 1.807) is 22.1 Å². The van der Waals surface area contributed by atoms with E-state index < -0.39 is 5.60 Å². The van der Waals surface area contributed by atoms with Gasteiger partial charge in [-0.05, 0) is 46.2 Å². The summed E-state index contributed by atoms with van der Waals surface area (Å²) < 4.78 is 5.40. The van der Waals surface area contributed by atoms with Gasteiger partial charge in [0.1, 0.15) is 5.60 Å². The SMILES string of the molecule is Cc1ccc(C(=O)N2CCCN(C(=O)OC(C)(C)C)CC2)cn1. The van der Waals surface area contributed by atoms with Gasteiger partial charge in [0.2, 0.25) is 0 Å². The highest BCUT2D eigenvalue weighted by Crippen LogP contribution is 2.13. The van der Waals surface area contributed by atoms with Crippen LogP contribution in [0.3, 0.4) is 0 Å². The van der Waals surface area contributed by atoms with Crippen molar-refractivity contribution in [3.8, 4) is 0 Å². The van der Waals surface area contributed by atoms with Crippen LogP contribution in [-0.2, 0) is 4.74 Å². The summed E-state index contributed by atoms with van der Waals surface area (Å²) in [6.45, 7) is 9.66. The maximum Gasteiger partial charge on any atom is 0.410 e. The molecule has 1 aliphatic heterocycles. The molecule has 1 aromatic rings. The molecular formula is C17H25N3O3. The summed E-state index contributed by atoms with van der Waals surface area (Å²) in [5.41, 5.74) is 0.960. The van der Waals surface area contributed by atoms with E-state index in [-0.39, 0.29) is 12.0 Å². The second-order valence-corrected chi connectivity index (χ2v) is 6.80. The van der Waals surface area contributed by atoms with E-state index in [2.05, 4.69) is 4.98 Å². The molecule has 23 heavy (non-hydrogen) atoms. The minimum atomic E-state index is -0.507. The van der Waals surface area contributed by atoms with Crippen molar-refractivity contribution in [1.82, 2.24) is 14.8 Å². The predicted molar refractivity (Wildman–Crippen MR) is 87.3 cm³/mol. The second kappa shape index (κ2) is 6.98. The predicted octanol–water partition coefficient (Wildman–Crippen LogP) is 2.47. The third-order valence-electron chi connectivity index (χ3n) is 3.59. The zero-order valence-corrected chi connectivity index (χ0v) is 14.3. The van der Waals surface area contributed by atoms with Crippen molar-refractivity contribution in [1.29, 1.82) is 0 Å². The summed E-state index contributed by atoms with van der Waals surface area (Å²) in [5, 5.41) is 0. The van der Waals surface area contributed by atoms with Crippen molar-refractivity contribution in [2.75, 3.05) is 26.2 Å². The van der Waals surface area contributed by atoms with Crippen molar-refractivity contribution < 1.29 is 14.3 Å². The minimum Gasteiger partial charge on any atom is -0.444 e. The number of carbonyl (C=O) groups is 2. The average Bonchev–Trinajstić information content (AvgIpc) is 2.71. The number of carbonyl (C=O) groups excluding carboxylic acids is 2. The Morgan fingerprint density at radius 2 is 1.74 bits per heavy atom. The van der Waals surface area contributed by atoms with Crippen LogP contribution >= 0.6 is 0 Å². The Labute approximate surface area is 137 Å². The fourth-order valence-corrected chi connectivity index (χ4v) is 2.41. The third kappa shape index (κ3) is 4.94. The monoisotopic (exact) mass is 319 g/mol. The lowest BCUT2D eigenvalue weighted by Crippen LogP contribution is -2.40. The number of aromatic nitrogens is 1. The van der Waals surface area contributed by atoms with E-state index >= 15 is 0 Å². The van der Waals surface area contributed by atoms with Crippen molar-refractivity contribution >= 4 is 12.0 Å². The van der Waals surface area contributed by atoms with Crippen LogP contribution in [0, 0.1) is 6.92 Å². The zero-order valence-electron chi connectivity index (χ0n) is 14.3. The van der Waals surface area contributed by atoms with Crippen LogP contribution in [0.25, 0.3) is 0 Å². The number of pyridine rings is 1. The minimum absolute atomic E-state index is 0.0384. The molecule has 1 fully saturated rings. The molecule has 0 N–H and O–H groups in total. The second-order valence-electron chi connectivity index (χ2n) is 6.80. The van der Waals surface area contributed by atoms with Crippen LogP contribution in [0.15, 0.2) is 18.3 Å². The highest BCUT2D eigenvalue weighted by atomic mass is 16.6. The molecule has 6 heteroatoms. The first-order chi connectivity index (χ1) is 10.8. The van der Waals surface area contributed by atoms with E-state index in [0.717, 1.165) is 12.1 Å². The smallest absolute Gasteiger partial charge is 0.410 e. The molecule has 0 aromatic carbocycles. The van der Waals surface area contributed by atoms with Crippen LogP contribution in [-0.4, -0.2) is 58.6 Å². The van der Waals surface area contributed by atoms with Crippen LogP contribution in [0.5, 0.6) is 0 Å².